The van der Waals surface area contributed by atoms with E-state index in [1.54, 1.807) is 17.7 Å². The molecule has 146 valence electrons. The van der Waals surface area contributed by atoms with Gasteiger partial charge in [0.25, 0.3) is 0 Å². The van der Waals surface area contributed by atoms with Gasteiger partial charge in [-0.05, 0) is 35.2 Å². The predicted molar refractivity (Wildman–Crippen MR) is 123 cm³/mol. The molecule has 4 rings (SSSR count). The Labute approximate surface area is 178 Å². The Kier molecular flexibility index (Phi) is 5.92. The molecule has 6 heteroatoms. The minimum Gasteiger partial charge on any atom is -0.325 e. The highest BCUT2D eigenvalue weighted by Gasteiger charge is 2.12. The number of nitrogens with zero attached hydrogens (tertiary/aromatic N) is 2. The van der Waals surface area contributed by atoms with Crippen LogP contribution in [0.3, 0.4) is 0 Å². The van der Waals surface area contributed by atoms with Gasteiger partial charge in [-0.15, -0.1) is 11.3 Å². The molecule has 2 heterocycles. The Morgan fingerprint density at radius 2 is 1.83 bits per heavy atom. The van der Waals surface area contributed by atoms with Crippen LogP contribution in [0.15, 0.2) is 72.0 Å². The molecule has 0 atom stereocenters. The van der Waals surface area contributed by atoms with Crippen LogP contribution in [0.5, 0.6) is 0 Å². The van der Waals surface area contributed by atoms with E-state index < -0.39 is 0 Å². The van der Waals surface area contributed by atoms with E-state index in [1.807, 2.05) is 30.3 Å². The van der Waals surface area contributed by atoms with Crippen LogP contribution in [-0.2, 0) is 4.79 Å². The maximum atomic E-state index is 12.4. The Hall–Kier alpha value is -2.70. The van der Waals surface area contributed by atoms with E-state index in [1.165, 1.54) is 17.3 Å². The number of aromatic nitrogens is 2. The number of thiophene rings is 1. The molecule has 0 saturated heterocycles. The first-order chi connectivity index (χ1) is 14.1. The van der Waals surface area contributed by atoms with E-state index in [-0.39, 0.29) is 5.91 Å². The standard InChI is InChI=1S/C23H21N3OS2/c1-15(2)16-8-10-18(11-9-16)26-21(27)13-28-22-19-12-20(17-6-4-3-5-7-17)29-23(19)25-14-24-22/h3-12,14-15H,13H2,1-2H3,(H,26,27). The zero-order valence-electron chi connectivity index (χ0n) is 16.3. The predicted octanol–water partition coefficient (Wildman–Crippen LogP) is 6.21. The third kappa shape index (κ3) is 4.66. The van der Waals surface area contributed by atoms with Gasteiger partial charge in [0.15, 0.2) is 0 Å². The molecule has 0 radical (unpaired) electrons. The molecule has 2 aromatic heterocycles. The van der Waals surface area contributed by atoms with Crippen LogP contribution in [0.1, 0.15) is 25.3 Å². The lowest BCUT2D eigenvalue weighted by molar-refractivity contribution is -0.113. The van der Waals surface area contributed by atoms with Gasteiger partial charge in [-0.1, -0.05) is 68.1 Å². The van der Waals surface area contributed by atoms with Crippen LogP contribution < -0.4 is 5.32 Å². The molecule has 4 nitrogen and oxygen atoms in total. The van der Waals surface area contributed by atoms with Crippen molar-refractivity contribution in [2.45, 2.75) is 24.8 Å². The number of benzene rings is 2. The molecule has 0 saturated carbocycles. The normalized spacial score (nSPS) is 11.1. The number of nitrogens with one attached hydrogen (secondary N) is 1. The molecule has 0 aliphatic carbocycles. The second-order valence-corrected chi connectivity index (χ2v) is 8.98. The summed E-state index contributed by atoms with van der Waals surface area (Å²) in [5.41, 5.74) is 3.23. The fourth-order valence-electron chi connectivity index (χ4n) is 2.98. The molecule has 29 heavy (non-hydrogen) atoms. The van der Waals surface area contributed by atoms with E-state index >= 15 is 0 Å². The quantitative estimate of drug-likeness (QED) is 0.298. The highest BCUT2D eigenvalue weighted by Crippen LogP contribution is 2.36. The zero-order valence-corrected chi connectivity index (χ0v) is 17.9. The van der Waals surface area contributed by atoms with Crippen molar-refractivity contribution in [2.24, 2.45) is 0 Å². The third-order valence-electron chi connectivity index (χ3n) is 4.55. The van der Waals surface area contributed by atoms with E-state index in [2.05, 4.69) is 59.5 Å². The molecule has 0 aliphatic heterocycles. The topological polar surface area (TPSA) is 54.9 Å². The summed E-state index contributed by atoms with van der Waals surface area (Å²) in [7, 11) is 0. The lowest BCUT2D eigenvalue weighted by atomic mass is 10.0. The number of hydrogen-bond acceptors (Lipinski definition) is 5. The fraction of sp³-hybridized carbons (Fsp3) is 0.174. The lowest BCUT2D eigenvalue weighted by Gasteiger charge is -2.08. The molecule has 1 N–H and O–H groups in total. The summed E-state index contributed by atoms with van der Waals surface area (Å²) in [4.78, 5) is 23.3. The second kappa shape index (κ2) is 8.76. The van der Waals surface area contributed by atoms with E-state index in [9.17, 15) is 4.79 Å². The first-order valence-corrected chi connectivity index (χ1v) is 11.2. The van der Waals surface area contributed by atoms with Gasteiger partial charge >= 0.3 is 0 Å². The molecular formula is C23H21N3OS2. The van der Waals surface area contributed by atoms with Crippen molar-refractivity contribution < 1.29 is 4.79 Å². The summed E-state index contributed by atoms with van der Waals surface area (Å²) in [6.07, 6.45) is 1.57. The lowest BCUT2D eigenvalue weighted by Crippen LogP contribution is -2.14. The second-order valence-electron chi connectivity index (χ2n) is 6.99. The molecule has 0 spiro atoms. The average Bonchev–Trinajstić information content (AvgIpc) is 3.18. The van der Waals surface area contributed by atoms with Crippen molar-refractivity contribution in [3.8, 4) is 10.4 Å². The number of rotatable bonds is 6. The summed E-state index contributed by atoms with van der Waals surface area (Å²) >= 11 is 3.08. The monoisotopic (exact) mass is 419 g/mol. The van der Waals surface area contributed by atoms with Gasteiger partial charge in [0.05, 0.1) is 5.75 Å². The van der Waals surface area contributed by atoms with Gasteiger partial charge in [-0.25, -0.2) is 9.97 Å². The van der Waals surface area contributed by atoms with Crippen molar-refractivity contribution in [3.05, 3.63) is 72.6 Å². The number of amides is 1. The third-order valence-corrected chi connectivity index (χ3v) is 6.65. The summed E-state index contributed by atoms with van der Waals surface area (Å²) < 4.78 is 0. The minimum atomic E-state index is -0.0439. The summed E-state index contributed by atoms with van der Waals surface area (Å²) in [6.45, 7) is 4.31. The molecule has 0 aliphatic rings. The molecular weight excluding hydrogens is 398 g/mol. The first-order valence-electron chi connectivity index (χ1n) is 9.43. The zero-order chi connectivity index (χ0) is 20.2. The molecule has 4 aromatic rings. The number of carbonyl (C=O) groups is 1. The van der Waals surface area contributed by atoms with Gasteiger partial charge < -0.3 is 5.32 Å². The van der Waals surface area contributed by atoms with E-state index in [0.717, 1.165) is 31.4 Å². The maximum absolute atomic E-state index is 12.4. The summed E-state index contributed by atoms with van der Waals surface area (Å²) in [5, 5.41) is 4.78. The molecule has 1 amide bonds. The molecule has 0 fully saturated rings. The molecule has 2 aromatic carbocycles. The SMILES string of the molecule is CC(C)c1ccc(NC(=O)CSc2ncnc3sc(-c4ccccc4)cc23)cc1. The van der Waals surface area contributed by atoms with Crippen molar-refractivity contribution >= 4 is 44.9 Å². The smallest absolute Gasteiger partial charge is 0.234 e. The van der Waals surface area contributed by atoms with Crippen LogP contribution in [0.25, 0.3) is 20.7 Å². The van der Waals surface area contributed by atoms with E-state index in [0.29, 0.717) is 11.7 Å². The first kappa shape index (κ1) is 19.6. The molecule has 0 bridgehead atoms. The Morgan fingerprint density at radius 3 is 2.55 bits per heavy atom. The number of carbonyl (C=O) groups excluding carboxylic acids is 1. The number of thioether (sulfide) groups is 1. The highest BCUT2D eigenvalue weighted by molar-refractivity contribution is 8.00. The van der Waals surface area contributed by atoms with Crippen LogP contribution >= 0.6 is 23.1 Å². The van der Waals surface area contributed by atoms with Crippen molar-refractivity contribution in [1.29, 1.82) is 0 Å². The summed E-state index contributed by atoms with van der Waals surface area (Å²) in [6, 6.07) is 20.4. The minimum absolute atomic E-state index is 0.0439. The van der Waals surface area contributed by atoms with Gasteiger partial charge in [-0.2, -0.15) is 0 Å². The van der Waals surface area contributed by atoms with Gasteiger partial charge in [0, 0.05) is 16.0 Å². The van der Waals surface area contributed by atoms with Gasteiger partial charge in [-0.3, -0.25) is 4.79 Å². The van der Waals surface area contributed by atoms with Crippen LogP contribution in [-0.4, -0.2) is 21.6 Å². The van der Waals surface area contributed by atoms with Crippen LogP contribution in [0.4, 0.5) is 5.69 Å². The average molecular weight is 420 g/mol. The Balaban J connectivity index is 1.45. The Bertz CT molecular complexity index is 1120. The Morgan fingerprint density at radius 1 is 1.07 bits per heavy atom. The number of hydrogen-bond donors (Lipinski definition) is 1. The van der Waals surface area contributed by atoms with Crippen LogP contribution in [0.2, 0.25) is 0 Å². The van der Waals surface area contributed by atoms with Gasteiger partial charge in [0.1, 0.15) is 16.2 Å². The highest BCUT2D eigenvalue weighted by atomic mass is 32.2. The fourth-order valence-corrected chi connectivity index (χ4v) is 4.82. The van der Waals surface area contributed by atoms with E-state index in [4.69, 9.17) is 0 Å². The number of fused-ring (bicyclic) bond motifs is 1. The van der Waals surface area contributed by atoms with Crippen molar-refractivity contribution in [1.82, 2.24) is 9.97 Å². The van der Waals surface area contributed by atoms with Gasteiger partial charge in [0.2, 0.25) is 5.91 Å². The van der Waals surface area contributed by atoms with Crippen LogP contribution in [0, 0.1) is 0 Å². The van der Waals surface area contributed by atoms with Crippen molar-refractivity contribution in [2.75, 3.05) is 11.1 Å². The molecule has 0 unspecified atom stereocenters. The largest absolute Gasteiger partial charge is 0.325 e. The maximum Gasteiger partial charge on any atom is 0.234 e. The van der Waals surface area contributed by atoms with Crippen molar-refractivity contribution in [3.63, 3.8) is 0 Å². The number of anilines is 1. The summed E-state index contributed by atoms with van der Waals surface area (Å²) in [5.74, 6) is 0.730.